The topological polar surface area (TPSA) is 150 Å². The number of rotatable bonds is 9. The van der Waals surface area contributed by atoms with Crippen molar-refractivity contribution in [2.75, 3.05) is 38.1 Å². The van der Waals surface area contributed by atoms with Crippen LogP contribution in [0, 0.1) is 17.3 Å². The number of likely N-dealkylation sites (tertiary alicyclic amines) is 1. The van der Waals surface area contributed by atoms with Crippen LogP contribution >= 0.6 is 0 Å². The third-order valence-corrected chi connectivity index (χ3v) is 6.23. The van der Waals surface area contributed by atoms with Gasteiger partial charge in [-0.05, 0) is 88.6 Å². The van der Waals surface area contributed by atoms with Crippen molar-refractivity contribution in [1.29, 1.82) is 5.41 Å². The van der Waals surface area contributed by atoms with E-state index in [2.05, 4.69) is 27.8 Å². The Hall–Kier alpha value is -4.85. The lowest BCUT2D eigenvalue weighted by molar-refractivity contribution is -0.143. The van der Waals surface area contributed by atoms with Gasteiger partial charge in [-0.3, -0.25) is 25.1 Å². The van der Waals surface area contributed by atoms with Crippen LogP contribution in [0.3, 0.4) is 0 Å². The molecular formula is C32H39N5O6. The molecule has 1 saturated heterocycles. The number of carbonyl (C=O) groups is 4. The Morgan fingerprint density at radius 1 is 1.02 bits per heavy atom. The van der Waals surface area contributed by atoms with E-state index in [-0.39, 0.29) is 31.3 Å². The zero-order chi connectivity index (χ0) is 31.4. The minimum Gasteiger partial charge on any atom is -0.465 e. The van der Waals surface area contributed by atoms with Gasteiger partial charge in [-0.15, -0.1) is 0 Å². The summed E-state index contributed by atoms with van der Waals surface area (Å²) in [5.41, 5.74) is 2.26. The van der Waals surface area contributed by atoms with Gasteiger partial charge in [0.1, 0.15) is 18.0 Å². The Kier molecular flexibility index (Phi) is 11.7. The second-order valence-electron chi connectivity index (χ2n) is 10.9. The first-order chi connectivity index (χ1) is 20.4. The molecule has 2 aromatic rings. The van der Waals surface area contributed by atoms with Crippen LogP contribution < -0.4 is 16.0 Å². The number of anilines is 1. The molecule has 0 saturated carbocycles. The molecule has 43 heavy (non-hydrogen) atoms. The van der Waals surface area contributed by atoms with E-state index in [0.717, 1.165) is 18.5 Å². The van der Waals surface area contributed by atoms with Crippen molar-refractivity contribution in [1.82, 2.24) is 15.5 Å². The Bertz CT molecular complexity index is 1400. The van der Waals surface area contributed by atoms with Crippen molar-refractivity contribution in [2.45, 2.75) is 52.6 Å². The van der Waals surface area contributed by atoms with Crippen molar-refractivity contribution in [3.63, 3.8) is 0 Å². The maximum Gasteiger partial charge on any atom is 0.413 e. The van der Waals surface area contributed by atoms with Crippen LogP contribution in [0.2, 0.25) is 0 Å². The van der Waals surface area contributed by atoms with Crippen LogP contribution in [0.15, 0.2) is 42.5 Å². The molecule has 2 aromatic carbocycles. The van der Waals surface area contributed by atoms with E-state index >= 15 is 0 Å². The fraction of sp³-hybridized carbons (Fsp3) is 0.406. The molecule has 0 spiro atoms. The third kappa shape index (κ3) is 10.8. The molecule has 1 heterocycles. The number of amides is 3. The van der Waals surface area contributed by atoms with Gasteiger partial charge in [-0.1, -0.05) is 11.8 Å². The normalized spacial score (nSPS) is 12.4. The van der Waals surface area contributed by atoms with Crippen LogP contribution in [0.25, 0.3) is 0 Å². The highest BCUT2D eigenvalue weighted by Crippen LogP contribution is 2.19. The predicted octanol–water partition coefficient (Wildman–Crippen LogP) is 3.46. The van der Waals surface area contributed by atoms with Gasteiger partial charge in [0, 0.05) is 35.5 Å². The van der Waals surface area contributed by atoms with Gasteiger partial charge in [0.25, 0.3) is 5.91 Å². The number of nitrogens with zero attached hydrogens (tertiary/aromatic N) is 1. The summed E-state index contributed by atoms with van der Waals surface area (Å²) in [5, 5.41) is 16.2. The first-order valence-electron chi connectivity index (χ1n) is 14.2. The van der Waals surface area contributed by atoms with E-state index in [9.17, 15) is 19.2 Å². The summed E-state index contributed by atoms with van der Waals surface area (Å²) in [5.74, 6) is 4.99. The molecule has 1 fully saturated rings. The van der Waals surface area contributed by atoms with Crippen molar-refractivity contribution in [3.05, 3.63) is 64.7 Å². The molecule has 11 heteroatoms. The van der Waals surface area contributed by atoms with Crippen LogP contribution in [0.4, 0.5) is 10.5 Å². The van der Waals surface area contributed by atoms with E-state index in [4.69, 9.17) is 14.9 Å². The number of amidine groups is 1. The highest BCUT2D eigenvalue weighted by atomic mass is 16.6. The summed E-state index contributed by atoms with van der Waals surface area (Å²) in [6, 6.07) is 12.1. The maximum absolute atomic E-state index is 13.1. The van der Waals surface area contributed by atoms with E-state index in [1.807, 2.05) is 0 Å². The number of esters is 1. The average Bonchev–Trinajstić information content (AvgIpc) is 3.49. The molecule has 3 amide bonds. The van der Waals surface area contributed by atoms with E-state index in [1.165, 1.54) is 0 Å². The predicted molar refractivity (Wildman–Crippen MR) is 163 cm³/mol. The summed E-state index contributed by atoms with van der Waals surface area (Å²) < 4.78 is 10.0. The molecule has 0 unspecified atom stereocenters. The van der Waals surface area contributed by atoms with Gasteiger partial charge in [0.2, 0.25) is 5.91 Å². The molecule has 1 aliphatic heterocycles. The molecule has 3 rings (SSSR count). The smallest absolute Gasteiger partial charge is 0.413 e. The third-order valence-electron chi connectivity index (χ3n) is 6.23. The second-order valence-corrected chi connectivity index (χ2v) is 10.9. The number of alkyl carbamates (subject to hydrolysis) is 1. The number of carbonyl (C=O) groups excluding carboxylic acids is 4. The van der Waals surface area contributed by atoms with E-state index < -0.39 is 23.6 Å². The van der Waals surface area contributed by atoms with Crippen LogP contribution in [-0.4, -0.2) is 73.0 Å². The highest BCUT2D eigenvalue weighted by molar-refractivity contribution is 6.04. The average molecular weight is 590 g/mol. The minimum absolute atomic E-state index is 0.0716. The van der Waals surface area contributed by atoms with Gasteiger partial charge in [-0.2, -0.15) is 0 Å². The van der Waals surface area contributed by atoms with Crippen molar-refractivity contribution < 1.29 is 28.7 Å². The molecule has 0 aliphatic carbocycles. The van der Waals surface area contributed by atoms with Gasteiger partial charge < -0.3 is 25.0 Å². The quantitative estimate of drug-likeness (QED) is 0.151. The first kappa shape index (κ1) is 32.7. The van der Waals surface area contributed by atoms with Gasteiger partial charge in [-0.25, -0.2) is 4.79 Å². The lowest BCUT2D eigenvalue weighted by atomic mass is 9.99. The van der Waals surface area contributed by atoms with Crippen molar-refractivity contribution >= 4 is 35.4 Å². The monoisotopic (exact) mass is 589 g/mol. The Morgan fingerprint density at radius 3 is 2.37 bits per heavy atom. The number of hydrogen-bond donors (Lipinski definition) is 4. The zero-order valence-corrected chi connectivity index (χ0v) is 25.1. The van der Waals surface area contributed by atoms with Gasteiger partial charge >= 0.3 is 12.1 Å². The molecular weight excluding hydrogens is 550 g/mol. The summed E-state index contributed by atoms with van der Waals surface area (Å²) >= 11 is 0. The summed E-state index contributed by atoms with van der Waals surface area (Å²) in [6.45, 7) is 8.60. The second kappa shape index (κ2) is 15.4. The first-order valence-corrected chi connectivity index (χ1v) is 14.2. The lowest BCUT2D eigenvalue weighted by Gasteiger charge is -2.19. The summed E-state index contributed by atoms with van der Waals surface area (Å²) in [6.07, 6.45) is 1.13. The Morgan fingerprint density at radius 2 is 1.72 bits per heavy atom. The summed E-state index contributed by atoms with van der Waals surface area (Å²) in [7, 11) is 0. The Balaban J connectivity index is 1.63. The number of ether oxygens (including phenoxy) is 2. The zero-order valence-electron chi connectivity index (χ0n) is 25.1. The SMILES string of the molecule is CCOC(=O)CNC(=O)Cc1cc(C#CCNc2ccc(C(=N)NC(=O)OC(C)(C)C)cc2)ccc1C(=O)N1CCCC1. The van der Waals surface area contributed by atoms with Gasteiger partial charge in [0.15, 0.2) is 0 Å². The van der Waals surface area contributed by atoms with Crippen molar-refractivity contribution in [2.24, 2.45) is 0 Å². The van der Waals surface area contributed by atoms with Gasteiger partial charge in [0.05, 0.1) is 19.6 Å². The molecule has 11 nitrogen and oxygen atoms in total. The number of hydrogen-bond acceptors (Lipinski definition) is 8. The van der Waals surface area contributed by atoms with E-state index in [0.29, 0.717) is 41.9 Å². The minimum atomic E-state index is -0.691. The molecule has 1 aliphatic rings. The maximum atomic E-state index is 13.1. The number of nitrogens with one attached hydrogen (secondary N) is 4. The molecule has 0 bridgehead atoms. The fourth-order valence-electron chi connectivity index (χ4n) is 4.26. The molecule has 4 N–H and O–H groups in total. The molecule has 0 atom stereocenters. The highest BCUT2D eigenvalue weighted by Gasteiger charge is 2.23. The summed E-state index contributed by atoms with van der Waals surface area (Å²) in [4.78, 5) is 51.0. The molecule has 0 radical (unpaired) electrons. The fourth-order valence-corrected chi connectivity index (χ4v) is 4.26. The van der Waals surface area contributed by atoms with Crippen LogP contribution in [0.1, 0.15) is 67.6 Å². The number of benzene rings is 2. The van der Waals surface area contributed by atoms with Crippen LogP contribution in [0.5, 0.6) is 0 Å². The lowest BCUT2D eigenvalue weighted by Crippen LogP contribution is -2.36. The molecule has 0 aromatic heterocycles. The van der Waals surface area contributed by atoms with Crippen LogP contribution in [-0.2, 0) is 25.5 Å². The Labute approximate surface area is 252 Å². The van der Waals surface area contributed by atoms with Crippen molar-refractivity contribution in [3.8, 4) is 11.8 Å². The largest absolute Gasteiger partial charge is 0.465 e. The molecule has 228 valence electrons. The van der Waals surface area contributed by atoms with E-state index in [1.54, 1.807) is 75.1 Å². The standard InChI is InChI=1S/C32H39N5O6/c1-5-42-28(39)21-35-27(38)20-24-19-22(10-15-26(24)30(40)37-17-6-7-18-37)9-8-16-34-25-13-11-23(12-14-25)29(33)36-31(41)43-32(2,3)4/h10-15,19,34H,5-7,16-18,20-21H2,1-4H3,(H,35,38)(H2,33,36,41).